The van der Waals surface area contributed by atoms with Gasteiger partial charge in [-0.15, -0.1) is 0 Å². The molecule has 1 N–H and O–H groups in total. The Balaban J connectivity index is 1.95. The Labute approximate surface area is 185 Å². The molecule has 0 unspecified atom stereocenters. The highest BCUT2D eigenvalue weighted by atomic mass is 16.5. The molecule has 0 saturated carbocycles. The average molecular weight is 432 g/mol. The molecule has 0 bridgehead atoms. The van der Waals surface area contributed by atoms with Gasteiger partial charge in [0.05, 0.1) is 30.0 Å². The highest BCUT2D eigenvalue weighted by Crippen LogP contribution is 2.43. The Morgan fingerprint density at radius 2 is 1.91 bits per heavy atom. The predicted molar refractivity (Wildman–Crippen MR) is 118 cm³/mol. The number of ether oxygens (including phenoxy) is 1. The van der Waals surface area contributed by atoms with Gasteiger partial charge in [-0.2, -0.15) is 5.10 Å². The minimum absolute atomic E-state index is 0.0163. The number of methoxy groups -OCH3 is 1. The van der Waals surface area contributed by atoms with Gasteiger partial charge >= 0.3 is 0 Å². The minimum Gasteiger partial charge on any atom is -0.507 e. The lowest BCUT2D eigenvalue weighted by Crippen LogP contribution is -2.29. The van der Waals surface area contributed by atoms with E-state index in [0.29, 0.717) is 28.3 Å². The van der Waals surface area contributed by atoms with Crippen LogP contribution in [0.4, 0.5) is 0 Å². The topological polar surface area (TPSA) is 97.5 Å². The van der Waals surface area contributed by atoms with Crippen molar-refractivity contribution in [2.24, 2.45) is 7.05 Å². The maximum atomic E-state index is 13.2. The molecule has 8 nitrogen and oxygen atoms in total. The average Bonchev–Trinajstić information content (AvgIpc) is 3.20. The second-order valence-corrected chi connectivity index (χ2v) is 7.70. The van der Waals surface area contributed by atoms with Crippen molar-refractivity contribution in [3.8, 4) is 5.75 Å². The summed E-state index contributed by atoms with van der Waals surface area (Å²) in [5.41, 5.74) is 3.10. The molecule has 4 rings (SSSR count). The summed E-state index contributed by atoms with van der Waals surface area (Å²) in [4.78, 5) is 32.0. The number of carbonyl (C=O) groups is 2. The number of aryl methyl sites for hydroxylation is 2. The van der Waals surface area contributed by atoms with E-state index in [1.165, 1.54) is 12.0 Å². The summed E-state index contributed by atoms with van der Waals surface area (Å²) in [7, 11) is 3.29. The monoisotopic (exact) mass is 432 g/mol. The van der Waals surface area contributed by atoms with Crippen LogP contribution in [-0.4, -0.2) is 43.6 Å². The van der Waals surface area contributed by atoms with Crippen LogP contribution in [0.5, 0.6) is 5.75 Å². The van der Waals surface area contributed by atoms with E-state index in [1.54, 1.807) is 56.2 Å². The fraction of sp³-hybridized carbons (Fsp3) is 0.250. The zero-order valence-electron chi connectivity index (χ0n) is 18.4. The maximum absolute atomic E-state index is 13.2. The van der Waals surface area contributed by atoms with Gasteiger partial charge in [-0.05, 0) is 31.5 Å². The van der Waals surface area contributed by atoms with E-state index in [1.807, 2.05) is 18.2 Å². The minimum atomic E-state index is -0.828. The zero-order chi connectivity index (χ0) is 23.0. The molecule has 0 spiro atoms. The van der Waals surface area contributed by atoms with Crippen molar-refractivity contribution in [3.63, 3.8) is 0 Å². The molecule has 8 heteroatoms. The van der Waals surface area contributed by atoms with Gasteiger partial charge in [0.25, 0.3) is 11.7 Å². The molecular weight excluding hydrogens is 408 g/mol. The first-order valence-corrected chi connectivity index (χ1v) is 10.2. The molecule has 0 aliphatic carbocycles. The van der Waals surface area contributed by atoms with Crippen LogP contribution in [-0.2, 0) is 23.2 Å². The number of para-hydroxylation sites is 1. The van der Waals surface area contributed by atoms with Gasteiger partial charge in [0.15, 0.2) is 0 Å². The number of aliphatic hydroxyl groups excluding tert-OH is 1. The largest absolute Gasteiger partial charge is 0.507 e. The number of hydrogen-bond donors (Lipinski definition) is 1. The summed E-state index contributed by atoms with van der Waals surface area (Å²) in [6.45, 7) is 3.72. The van der Waals surface area contributed by atoms with E-state index in [2.05, 4.69) is 10.1 Å². The lowest BCUT2D eigenvalue weighted by molar-refractivity contribution is -0.140. The number of pyridine rings is 1. The van der Waals surface area contributed by atoms with E-state index < -0.39 is 17.7 Å². The summed E-state index contributed by atoms with van der Waals surface area (Å²) in [6.07, 6.45) is 3.29. The molecular formula is C24H24N4O4. The number of aromatic nitrogens is 3. The molecule has 32 heavy (non-hydrogen) atoms. The standard InChI is InChI=1S/C24H24N4O4/c1-14-19(15(2)27(3)26-14)22(29)20-21(17-9-5-6-10-18(17)32-4)28(24(31)23(20)30)13-16-8-7-11-25-12-16/h5-12,21,29H,13H2,1-4H3/t21-/m0/s1. The summed E-state index contributed by atoms with van der Waals surface area (Å²) >= 11 is 0. The van der Waals surface area contributed by atoms with Crippen molar-refractivity contribution >= 4 is 17.4 Å². The van der Waals surface area contributed by atoms with Gasteiger partial charge in [-0.25, -0.2) is 0 Å². The number of benzene rings is 1. The zero-order valence-corrected chi connectivity index (χ0v) is 18.4. The molecule has 3 heterocycles. The Bertz CT molecular complexity index is 1230. The fourth-order valence-corrected chi connectivity index (χ4v) is 4.20. The molecule has 1 aromatic carbocycles. The van der Waals surface area contributed by atoms with Gasteiger partial charge in [0, 0.05) is 37.2 Å². The molecule has 1 aliphatic rings. The second kappa shape index (κ2) is 8.30. The molecule has 1 saturated heterocycles. The molecule has 2 aromatic heterocycles. The summed E-state index contributed by atoms with van der Waals surface area (Å²) in [5, 5.41) is 15.7. The van der Waals surface area contributed by atoms with Crippen molar-refractivity contribution in [1.29, 1.82) is 0 Å². The molecule has 3 aromatic rings. The first-order chi connectivity index (χ1) is 15.3. The molecule has 1 atom stereocenters. The number of ketones is 1. The SMILES string of the molecule is COc1ccccc1[C@H]1C(=C(O)c2c(C)nn(C)c2C)C(=O)C(=O)N1Cc1cccnc1. The van der Waals surface area contributed by atoms with Crippen LogP contribution in [0.25, 0.3) is 5.76 Å². The number of amides is 1. The van der Waals surface area contributed by atoms with Crippen LogP contribution in [0.2, 0.25) is 0 Å². The first-order valence-electron chi connectivity index (χ1n) is 10.2. The fourth-order valence-electron chi connectivity index (χ4n) is 4.20. The van der Waals surface area contributed by atoms with Crippen molar-refractivity contribution in [3.05, 3.63) is 82.4 Å². The van der Waals surface area contributed by atoms with Gasteiger partial charge in [0.1, 0.15) is 11.5 Å². The highest BCUT2D eigenvalue weighted by Gasteiger charge is 2.47. The van der Waals surface area contributed by atoms with Crippen LogP contribution >= 0.6 is 0 Å². The van der Waals surface area contributed by atoms with Crippen molar-refractivity contribution in [1.82, 2.24) is 19.7 Å². The van der Waals surface area contributed by atoms with Gasteiger partial charge in [-0.3, -0.25) is 19.3 Å². The summed E-state index contributed by atoms with van der Waals surface area (Å²) in [6, 6.07) is 9.95. The van der Waals surface area contributed by atoms with Gasteiger partial charge in [0.2, 0.25) is 0 Å². The third kappa shape index (κ3) is 3.43. The normalized spacial score (nSPS) is 17.8. The molecule has 1 aliphatic heterocycles. The smallest absolute Gasteiger partial charge is 0.295 e. The predicted octanol–water partition coefficient (Wildman–Crippen LogP) is 3.06. The third-order valence-corrected chi connectivity index (χ3v) is 5.80. The second-order valence-electron chi connectivity index (χ2n) is 7.70. The van der Waals surface area contributed by atoms with Crippen LogP contribution in [0.15, 0.2) is 54.4 Å². The summed E-state index contributed by atoms with van der Waals surface area (Å²) < 4.78 is 7.16. The Kier molecular flexibility index (Phi) is 5.52. The van der Waals surface area contributed by atoms with E-state index in [4.69, 9.17) is 4.74 Å². The van der Waals surface area contributed by atoms with E-state index in [-0.39, 0.29) is 17.9 Å². The number of aliphatic hydroxyl groups is 1. The Hall–Kier alpha value is -3.94. The lowest BCUT2D eigenvalue weighted by atomic mass is 9.94. The van der Waals surface area contributed by atoms with Crippen molar-refractivity contribution in [2.45, 2.75) is 26.4 Å². The number of nitrogens with zero attached hydrogens (tertiary/aromatic N) is 4. The molecule has 1 amide bonds. The van der Waals surface area contributed by atoms with Crippen LogP contribution in [0.3, 0.4) is 0 Å². The quantitative estimate of drug-likeness (QED) is 0.378. The van der Waals surface area contributed by atoms with Crippen molar-refractivity contribution in [2.75, 3.05) is 7.11 Å². The number of carbonyl (C=O) groups excluding carboxylic acids is 2. The first kappa shape index (κ1) is 21.3. The molecule has 1 fully saturated rings. The lowest BCUT2D eigenvalue weighted by Gasteiger charge is -2.26. The molecule has 164 valence electrons. The number of hydrogen-bond acceptors (Lipinski definition) is 6. The van der Waals surface area contributed by atoms with Crippen LogP contribution < -0.4 is 4.74 Å². The van der Waals surface area contributed by atoms with Crippen LogP contribution in [0, 0.1) is 13.8 Å². The van der Waals surface area contributed by atoms with Crippen LogP contribution in [0.1, 0.15) is 34.1 Å². The highest BCUT2D eigenvalue weighted by molar-refractivity contribution is 6.46. The van der Waals surface area contributed by atoms with E-state index in [9.17, 15) is 14.7 Å². The van der Waals surface area contributed by atoms with Crippen molar-refractivity contribution < 1.29 is 19.4 Å². The molecule has 0 radical (unpaired) electrons. The maximum Gasteiger partial charge on any atom is 0.295 e. The summed E-state index contributed by atoms with van der Waals surface area (Å²) in [5.74, 6) is -1.16. The Morgan fingerprint density at radius 3 is 2.53 bits per heavy atom. The van der Waals surface area contributed by atoms with E-state index >= 15 is 0 Å². The number of likely N-dealkylation sites (tertiary alicyclic amines) is 1. The Morgan fingerprint density at radius 1 is 1.16 bits per heavy atom. The number of Topliss-reactive ketones (excluding diaryl/α,β-unsaturated/α-hetero) is 1. The van der Waals surface area contributed by atoms with E-state index in [0.717, 1.165) is 5.56 Å². The number of rotatable bonds is 5. The van der Waals surface area contributed by atoms with Gasteiger partial charge in [-0.1, -0.05) is 24.3 Å². The third-order valence-electron chi connectivity index (χ3n) is 5.80. The van der Waals surface area contributed by atoms with Gasteiger partial charge < -0.3 is 14.7 Å².